The Hall–Kier alpha value is -2.25. The number of carbonyl (C=O) groups excluding carboxylic acids is 1. The highest BCUT2D eigenvalue weighted by Crippen LogP contribution is 2.28. The van der Waals surface area contributed by atoms with Crippen LogP contribution in [0.1, 0.15) is 22.2 Å². The van der Waals surface area contributed by atoms with Crippen LogP contribution >= 0.6 is 22.9 Å². The number of anilines is 1. The fourth-order valence-corrected chi connectivity index (χ4v) is 3.47. The molecule has 118 valence electrons. The summed E-state index contributed by atoms with van der Waals surface area (Å²) >= 11 is 2.80. The number of nitrogens with one attached hydrogen (secondary N) is 1. The molecule has 0 atom stereocenters. The first-order valence-corrected chi connectivity index (χ1v) is 8.70. The molecule has 0 aliphatic rings. The summed E-state index contributed by atoms with van der Waals surface area (Å²) in [5, 5.41) is 3.26. The smallest absolute Gasteiger partial charge is 0.261 e. The maximum absolute atomic E-state index is 12.4. The van der Waals surface area contributed by atoms with E-state index in [0.29, 0.717) is 28.9 Å². The molecular weight excluding hydrogens is 330 g/mol. The molecule has 0 spiro atoms. The number of hydrogen-bond donors (Lipinski definition) is 1. The van der Waals surface area contributed by atoms with Gasteiger partial charge in [-0.05, 0) is 38.1 Å². The Bertz CT molecular complexity index is 826. The van der Waals surface area contributed by atoms with E-state index >= 15 is 0 Å². The Kier molecular flexibility index (Phi) is 4.68. The zero-order valence-electron chi connectivity index (χ0n) is 12.7. The van der Waals surface area contributed by atoms with Gasteiger partial charge in [-0.2, -0.15) is 9.36 Å². The quantitative estimate of drug-likeness (QED) is 0.752. The molecule has 2 heterocycles. The molecule has 0 aliphatic heterocycles. The van der Waals surface area contributed by atoms with E-state index in [1.54, 1.807) is 29.5 Å². The number of rotatable bonds is 5. The molecule has 0 saturated heterocycles. The highest BCUT2D eigenvalue weighted by Gasteiger charge is 2.15. The summed E-state index contributed by atoms with van der Waals surface area (Å²) in [5.74, 6) is 0.951. The number of amides is 1. The van der Waals surface area contributed by atoms with Crippen molar-refractivity contribution in [3.8, 4) is 16.5 Å². The van der Waals surface area contributed by atoms with Gasteiger partial charge >= 0.3 is 0 Å². The van der Waals surface area contributed by atoms with Crippen molar-refractivity contribution < 1.29 is 9.53 Å². The third kappa shape index (κ3) is 3.57. The van der Waals surface area contributed by atoms with Crippen molar-refractivity contribution in [3.63, 3.8) is 0 Å². The molecule has 23 heavy (non-hydrogen) atoms. The minimum Gasteiger partial charge on any atom is -0.493 e. The van der Waals surface area contributed by atoms with Crippen LogP contribution in [0.5, 0.6) is 5.75 Å². The summed E-state index contributed by atoms with van der Waals surface area (Å²) in [6.07, 6.45) is 0. The van der Waals surface area contributed by atoms with Crippen molar-refractivity contribution in [1.82, 2.24) is 9.36 Å². The van der Waals surface area contributed by atoms with Gasteiger partial charge in [-0.25, -0.2) is 0 Å². The normalized spacial score (nSPS) is 10.5. The molecule has 2 aromatic heterocycles. The third-order valence-electron chi connectivity index (χ3n) is 3.04. The van der Waals surface area contributed by atoms with Gasteiger partial charge in [0.2, 0.25) is 5.13 Å². The average molecular weight is 345 g/mol. The molecule has 0 saturated carbocycles. The lowest BCUT2D eigenvalue weighted by Crippen LogP contribution is -2.13. The third-order valence-corrected chi connectivity index (χ3v) is 4.67. The molecule has 7 heteroatoms. The van der Waals surface area contributed by atoms with Gasteiger partial charge < -0.3 is 4.74 Å². The minimum atomic E-state index is -0.251. The lowest BCUT2D eigenvalue weighted by molar-refractivity contribution is 0.102. The summed E-state index contributed by atoms with van der Waals surface area (Å²) in [6, 6.07) is 11.2. The predicted octanol–water partition coefficient (Wildman–Crippen LogP) is 4.23. The lowest BCUT2D eigenvalue weighted by Gasteiger charge is -2.08. The summed E-state index contributed by atoms with van der Waals surface area (Å²) in [4.78, 5) is 19.0. The van der Waals surface area contributed by atoms with E-state index in [0.717, 1.165) is 4.88 Å². The van der Waals surface area contributed by atoms with Gasteiger partial charge in [-0.15, -0.1) is 11.3 Å². The molecule has 0 bridgehead atoms. The van der Waals surface area contributed by atoms with Gasteiger partial charge in [0.1, 0.15) is 5.75 Å². The van der Waals surface area contributed by atoms with E-state index in [4.69, 9.17) is 4.74 Å². The molecule has 5 nitrogen and oxygen atoms in total. The number of carbonyl (C=O) groups is 1. The maximum Gasteiger partial charge on any atom is 0.261 e. The highest BCUT2D eigenvalue weighted by molar-refractivity contribution is 7.15. The van der Waals surface area contributed by atoms with Crippen LogP contribution in [0.25, 0.3) is 10.7 Å². The first kappa shape index (κ1) is 15.6. The molecule has 3 rings (SSSR count). The predicted molar refractivity (Wildman–Crippen MR) is 93.5 cm³/mol. The van der Waals surface area contributed by atoms with Crippen LogP contribution in [0.3, 0.4) is 0 Å². The number of hydrogen-bond acceptors (Lipinski definition) is 6. The van der Waals surface area contributed by atoms with Crippen LogP contribution < -0.4 is 10.1 Å². The summed E-state index contributed by atoms with van der Waals surface area (Å²) in [5.41, 5.74) is 0.484. The van der Waals surface area contributed by atoms with Gasteiger partial charge in [0, 0.05) is 16.4 Å². The number of ether oxygens (including phenoxy) is 1. The number of nitrogens with zero attached hydrogens (tertiary/aromatic N) is 2. The fourth-order valence-electron chi connectivity index (χ4n) is 2.03. The Morgan fingerprint density at radius 1 is 1.26 bits per heavy atom. The van der Waals surface area contributed by atoms with Crippen molar-refractivity contribution in [1.29, 1.82) is 0 Å². The van der Waals surface area contributed by atoms with Crippen LogP contribution in [-0.2, 0) is 0 Å². The first-order chi connectivity index (χ1) is 11.2. The number of thiophene rings is 1. The van der Waals surface area contributed by atoms with Gasteiger partial charge in [0.05, 0.1) is 17.0 Å². The molecule has 3 aromatic rings. The Labute approximate surface area is 142 Å². The van der Waals surface area contributed by atoms with Crippen molar-refractivity contribution in [2.24, 2.45) is 0 Å². The number of aromatic nitrogens is 2. The molecule has 0 radical (unpaired) electrons. The molecule has 1 aromatic carbocycles. The van der Waals surface area contributed by atoms with Crippen molar-refractivity contribution in [2.75, 3.05) is 11.9 Å². The molecular formula is C16H15N3O2S2. The average Bonchev–Trinajstić information content (AvgIpc) is 3.17. The van der Waals surface area contributed by atoms with Gasteiger partial charge in [0.25, 0.3) is 5.91 Å². The zero-order valence-corrected chi connectivity index (χ0v) is 14.3. The maximum atomic E-state index is 12.4. The van der Waals surface area contributed by atoms with Gasteiger partial charge in [0.15, 0.2) is 5.82 Å². The van der Waals surface area contributed by atoms with E-state index in [2.05, 4.69) is 14.7 Å². The second kappa shape index (κ2) is 6.89. The number of para-hydroxylation sites is 1. The fraction of sp³-hybridized carbons (Fsp3) is 0.188. The first-order valence-electron chi connectivity index (χ1n) is 7.11. The Morgan fingerprint density at radius 2 is 2.09 bits per heavy atom. The second-order valence-corrected chi connectivity index (χ2v) is 6.76. The lowest BCUT2D eigenvalue weighted by atomic mass is 10.2. The van der Waals surface area contributed by atoms with Crippen molar-refractivity contribution in [3.05, 3.63) is 46.8 Å². The molecule has 1 N–H and O–H groups in total. The van der Waals surface area contributed by atoms with Crippen LogP contribution in [0, 0.1) is 6.92 Å². The summed E-state index contributed by atoms with van der Waals surface area (Å²) < 4.78 is 9.78. The summed E-state index contributed by atoms with van der Waals surface area (Å²) in [7, 11) is 0. The van der Waals surface area contributed by atoms with E-state index in [-0.39, 0.29) is 5.91 Å². The topological polar surface area (TPSA) is 64.1 Å². The molecule has 0 aliphatic carbocycles. The molecule has 1 amide bonds. The molecule has 0 unspecified atom stereocenters. The van der Waals surface area contributed by atoms with Crippen molar-refractivity contribution >= 4 is 33.9 Å². The van der Waals surface area contributed by atoms with E-state index in [1.807, 2.05) is 32.0 Å². The SMILES string of the molecule is CCOc1ccccc1C(=O)Nc1nc(-c2ccc(C)s2)ns1. The van der Waals surface area contributed by atoms with E-state index < -0.39 is 0 Å². The van der Waals surface area contributed by atoms with Crippen molar-refractivity contribution in [2.45, 2.75) is 13.8 Å². The molecule has 0 fully saturated rings. The van der Waals surface area contributed by atoms with E-state index in [1.165, 1.54) is 16.4 Å². The number of aryl methyl sites for hydroxylation is 1. The highest BCUT2D eigenvalue weighted by atomic mass is 32.1. The zero-order chi connectivity index (χ0) is 16.2. The Morgan fingerprint density at radius 3 is 2.83 bits per heavy atom. The second-order valence-electron chi connectivity index (χ2n) is 4.72. The van der Waals surface area contributed by atoms with E-state index in [9.17, 15) is 4.79 Å². The van der Waals surface area contributed by atoms with Crippen LogP contribution in [-0.4, -0.2) is 21.9 Å². The van der Waals surface area contributed by atoms with Gasteiger partial charge in [-0.1, -0.05) is 12.1 Å². The number of benzene rings is 1. The summed E-state index contributed by atoms with van der Waals surface area (Å²) in [6.45, 7) is 4.42. The minimum absolute atomic E-state index is 0.251. The van der Waals surface area contributed by atoms with Crippen LogP contribution in [0.4, 0.5) is 5.13 Å². The Balaban J connectivity index is 1.77. The monoisotopic (exact) mass is 345 g/mol. The standard InChI is InChI=1S/C16H15N3O2S2/c1-3-21-12-7-5-4-6-11(12)15(20)18-16-17-14(19-23-16)13-9-8-10(2)22-13/h4-9H,3H2,1-2H3,(H,17,18,19,20). The van der Waals surface area contributed by atoms with Crippen LogP contribution in [0.2, 0.25) is 0 Å². The van der Waals surface area contributed by atoms with Gasteiger partial charge in [-0.3, -0.25) is 10.1 Å². The van der Waals surface area contributed by atoms with Crippen LogP contribution in [0.15, 0.2) is 36.4 Å². The largest absolute Gasteiger partial charge is 0.493 e.